The Kier molecular flexibility index (Phi) is 6.31. The van der Waals surface area contributed by atoms with Gasteiger partial charge in [0, 0.05) is 14.0 Å². The SMILES string of the molecule is CC(C)C(CC(C#N)CB(O)O)[Si](C)(C)C. The van der Waals surface area contributed by atoms with Crippen LogP contribution >= 0.6 is 0 Å². The Bertz CT molecular complexity index is 245. The van der Waals surface area contributed by atoms with Crippen LogP contribution in [-0.2, 0) is 0 Å². The second kappa shape index (κ2) is 6.43. The lowest BCUT2D eigenvalue weighted by Crippen LogP contribution is -2.33. The average Bonchev–Trinajstić information content (AvgIpc) is 2.08. The van der Waals surface area contributed by atoms with Crippen molar-refractivity contribution in [3.8, 4) is 6.07 Å². The molecule has 5 heteroatoms. The van der Waals surface area contributed by atoms with Crippen molar-refractivity contribution >= 4 is 15.2 Å². The molecule has 2 N–H and O–H groups in total. The van der Waals surface area contributed by atoms with Crippen LogP contribution in [0.5, 0.6) is 0 Å². The fraction of sp³-hybridized carbons (Fsp3) is 0.909. The molecule has 2 unspecified atom stereocenters. The van der Waals surface area contributed by atoms with Crippen LogP contribution in [0, 0.1) is 23.2 Å². The Morgan fingerprint density at radius 1 is 1.25 bits per heavy atom. The van der Waals surface area contributed by atoms with E-state index in [1.165, 1.54) is 0 Å². The predicted octanol–water partition coefficient (Wildman–Crippen LogP) is 2.35. The molecule has 2 atom stereocenters. The molecular formula is C11H24BNO2Si. The molecule has 0 radical (unpaired) electrons. The van der Waals surface area contributed by atoms with Crippen molar-refractivity contribution in [1.82, 2.24) is 0 Å². The lowest BCUT2D eigenvalue weighted by Gasteiger charge is -2.33. The van der Waals surface area contributed by atoms with Gasteiger partial charge in [0.1, 0.15) is 0 Å². The minimum absolute atomic E-state index is 0.171. The lowest BCUT2D eigenvalue weighted by molar-refractivity contribution is 0.387. The molecule has 0 heterocycles. The summed E-state index contributed by atoms with van der Waals surface area (Å²) in [6, 6.07) is 2.19. The van der Waals surface area contributed by atoms with Crippen molar-refractivity contribution in [3.05, 3.63) is 0 Å². The van der Waals surface area contributed by atoms with Crippen LogP contribution in [0.4, 0.5) is 0 Å². The second-order valence-electron chi connectivity index (χ2n) is 5.99. The first kappa shape index (κ1) is 15.7. The highest BCUT2D eigenvalue weighted by Crippen LogP contribution is 2.36. The smallest absolute Gasteiger partial charge is 0.427 e. The van der Waals surface area contributed by atoms with Crippen LogP contribution in [0.2, 0.25) is 31.5 Å². The third-order valence-electron chi connectivity index (χ3n) is 3.13. The van der Waals surface area contributed by atoms with E-state index in [0.29, 0.717) is 11.5 Å². The van der Waals surface area contributed by atoms with Crippen LogP contribution < -0.4 is 0 Å². The topological polar surface area (TPSA) is 64.2 Å². The van der Waals surface area contributed by atoms with Gasteiger partial charge in [-0.2, -0.15) is 5.26 Å². The van der Waals surface area contributed by atoms with Gasteiger partial charge in [-0.05, 0) is 24.2 Å². The number of hydrogen-bond acceptors (Lipinski definition) is 3. The Morgan fingerprint density at radius 2 is 1.75 bits per heavy atom. The molecule has 0 fully saturated rings. The molecule has 0 aliphatic rings. The van der Waals surface area contributed by atoms with E-state index in [1.807, 2.05) is 0 Å². The van der Waals surface area contributed by atoms with E-state index in [1.54, 1.807) is 0 Å². The van der Waals surface area contributed by atoms with Crippen LogP contribution in [0.15, 0.2) is 0 Å². The highest BCUT2D eigenvalue weighted by atomic mass is 28.3. The molecule has 0 aliphatic carbocycles. The molecule has 0 bridgehead atoms. The summed E-state index contributed by atoms with van der Waals surface area (Å²) in [7, 11) is -2.66. The van der Waals surface area contributed by atoms with Gasteiger partial charge in [-0.1, -0.05) is 33.5 Å². The van der Waals surface area contributed by atoms with Crippen molar-refractivity contribution in [3.63, 3.8) is 0 Å². The van der Waals surface area contributed by atoms with E-state index in [9.17, 15) is 0 Å². The molecular weight excluding hydrogens is 217 g/mol. The molecule has 0 aromatic rings. The minimum Gasteiger partial charge on any atom is -0.427 e. The molecule has 0 saturated carbocycles. The second-order valence-corrected chi connectivity index (χ2v) is 11.5. The van der Waals surface area contributed by atoms with Gasteiger partial charge in [0.05, 0.1) is 6.07 Å². The molecule has 0 aromatic carbocycles. The number of nitriles is 1. The van der Waals surface area contributed by atoms with E-state index in [-0.39, 0.29) is 12.2 Å². The quantitative estimate of drug-likeness (QED) is 0.701. The van der Waals surface area contributed by atoms with Crippen molar-refractivity contribution in [2.24, 2.45) is 11.8 Å². The van der Waals surface area contributed by atoms with Crippen molar-refractivity contribution < 1.29 is 10.0 Å². The summed E-state index contributed by atoms with van der Waals surface area (Å²) in [6.45, 7) is 11.3. The Balaban J connectivity index is 4.56. The van der Waals surface area contributed by atoms with Gasteiger partial charge in [-0.25, -0.2) is 0 Å². The molecule has 0 rings (SSSR count). The summed E-state index contributed by atoms with van der Waals surface area (Å²) in [5, 5.41) is 26.9. The molecule has 3 nitrogen and oxygen atoms in total. The number of rotatable bonds is 6. The molecule has 92 valence electrons. The fourth-order valence-corrected chi connectivity index (χ4v) is 5.38. The molecule has 0 saturated heterocycles. The van der Waals surface area contributed by atoms with Gasteiger partial charge in [-0.3, -0.25) is 0 Å². The van der Waals surface area contributed by atoms with Crippen LogP contribution in [0.1, 0.15) is 20.3 Å². The molecule has 16 heavy (non-hydrogen) atoms. The first-order valence-corrected chi connectivity index (χ1v) is 9.52. The van der Waals surface area contributed by atoms with Gasteiger partial charge < -0.3 is 10.0 Å². The van der Waals surface area contributed by atoms with E-state index in [4.69, 9.17) is 15.3 Å². The molecule has 0 spiro atoms. The zero-order chi connectivity index (χ0) is 12.9. The lowest BCUT2D eigenvalue weighted by atomic mass is 9.76. The number of hydrogen-bond donors (Lipinski definition) is 2. The highest BCUT2D eigenvalue weighted by Gasteiger charge is 2.32. The summed E-state index contributed by atoms with van der Waals surface area (Å²) in [6.07, 6.45) is 0.964. The zero-order valence-corrected chi connectivity index (χ0v) is 12.1. The largest absolute Gasteiger partial charge is 0.452 e. The average molecular weight is 241 g/mol. The normalized spacial score (nSPS) is 15.7. The highest BCUT2D eigenvalue weighted by molar-refractivity contribution is 6.77. The van der Waals surface area contributed by atoms with E-state index < -0.39 is 15.2 Å². The number of nitrogens with zero attached hydrogens (tertiary/aromatic N) is 1. The zero-order valence-electron chi connectivity index (χ0n) is 11.1. The Hall–Kier alpha value is -0.308. The van der Waals surface area contributed by atoms with Crippen LogP contribution in [0.3, 0.4) is 0 Å². The maximum absolute atomic E-state index is 9.01. The van der Waals surface area contributed by atoms with Gasteiger partial charge >= 0.3 is 7.12 Å². The molecule has 0 amide bonds. The van der Waals surface area contributed by atoms with E-state index >= 15 is 0 Å². The van der Waals surface area contributed by atoms with Gasteiger partial charge in [0.2, 0.25) is 0 Å². The third-order valence-corrected chi connectivity index (χ3v) is 6.26. The van der Waals surface area contributed by atoms with Crippen molar-refractivity contribution in [2.45, 2.75) is 51.8 Å². The molecule has 0 aliphatic heterocycles. The summed E-state index contributed by atoms with van der Waals surface area (Å²) in [5.74, 6) is 0.317. The summed E-state index contributed by atoms with van der Waals surface area (Å²) in [5.41, 5.74) is 0.552. The van der Waals surface area contributed by atoms with Crippen LogP contribution in [0.25, 0.3) is 0 Å². The van der Waals surface area contributed by atoms with Crippen LogP contribution in [-0.4, -0.2) is 25.2 Å². The first-order valence-electron chi connectivity index (χ1n) is 5.94. The van der Waals surface area contributed by atoms with Gasteiger partial charge in [0.25, 0.3) is 0 Å². The summed E-state index contributed by atoms with van der Waals surface area (Å²) in [4.78, 5) is 0. The molecule has 0 aromatic heterocycles. The van der Waals surface area contributed by atoms with Gasteiger partial charge in [0.15, 0.2) is 0 Å². The van der Waals surface area contributed by atoms with E-state index in [2.05, 4.69) is 39.6 Å². The minimum atomic E-state index is -1.36. The van der Waals surface area contributed by atoms with Crippen molar-refractivity contribution in [1.29, 1.82) is 5.26 Å². The summed E-state index contributed by atoms with van der Waals surface area (Å²) < 4.78 is 0. The van der Waals surface area contributed by atoms with Gasteiger partial charge in [-0.15, -0.1) is 0 Å². The fourth-order valence-electron chi connectivity index (χ4n) is 2.39. The third kappa shape index (κ3) is 5.69. The maximum Gasteiger partial charge on any atom is 0.452 e. The standard InChI is InChI=1S/C11H24BNO2Si/c1-9(2)11(16(3,4)5)6-10(8-13)7-12(14)15/h9-11,14-15H,6-7H2,1-5H3. The monoisotopic (exact) mass is 241 g/mol. The first-order chi connectivity index (χ1) is 7.18. The summed E-state index contributed by atoms with van der Waals surface area (Å²) >= 11 is 0. The van der Waals surface area contributed by atoms with Crippen molar-refractivity contribution in [2.75, 3.05) is 0 Å². The maximum atomic E-state index is 9.01. The Labute approximate surface area is 101 Å². The predicted molar refractivity (Wildman–Crippen MR) is 70.7 cm³/mol. The van der Waals surface area contributed by atoms with E-state index in [0.717, 1.165) is 6.42 Å². The Morgan fingerprint density at radius 3 is 2.00 bits per heavy atom.